The molecule has 1 unspecified atom stereocenters. The minimum Gasteiger partial charge on any atom is -0.492 e. The van der Waals surface area contributed by atoms with Gasteiger partial charge in [-0.3, -0.25) is 0 Å². The van der Waals surface area contributed by atoms with Gasteiger partial charge >= 0.3 is 0 Å². The van der Waals surface area contributed by atoms with E-state index in [1.54, 1.807) is 7.11 Å². The molecule has 0 spiro atoms. The molecule has 0 saturated heterocycles. The van der Waals surface area contributed by atoms with E-state index in [9.17, 15) is 0 Å². The first-order valence-corrected chi connectivity index (χ1v) is 6.12. The highest BCUT2D eigenvalue weighted by atomic mass is 79.9. The molecular weight excluding hydrogens is 270 g/mol. The molecule has 16 heavy (non-hydrogen) atoms. The third kappa shape index (κ3) is 5.49. The second-order valence-corrected chi connectivity index (χ2v) is 4.53. The molecule has 1 N–H and O–H groups in total. The van der Waals surface area contributed by atoms with Gasteiger partial charge in [0.1, 0.15) is 12.4 Å². The summed E-state index contributed by atoms with van der Waals surface area (Å²) in [4.78, 5) is 0. The molecule has 0 saturated carbocycles. The van der Waals surface area contributed by atoms with E-state index in [1.165, 1.54) is 0 Å². The lowest BCUT2D eigenvalue weighted by Gasteiger charge is -2.13. The molecule has 1 aromatic carbocycles. The van der Waals surface area contributed by atoms with Gasteiger partial charge in [0.25, 0.3) is 0 Å². The maximum atomic E-state index is 5.57. The monoisotopic (exact) mass is 287 g/mol. The molecule has 0 amide bonds. The van der Waals surface area contributed by atoms with E-state index >= 15 is 0 Å². The van der Waals surface area contributed by atoms with Crippen LogP contribution in [0, 0.1) is 0 Å². The quantitative estimate of drug-likeness (QED) is 0.782. The van der Waals surface area contributed by atoms with Crippen LogP contribution in [0.1, 0.15) is 6.92 Å². The summed E-state index contributed by atoms with van der Waals surface area (Å²) >= 11 is 3.38. The van der Waals surface area contributed by atoms with Crippen LogP contribution in [-0.2, 0) is 4.74 Å². The molecule has 1 rings (SSSR count). The summed E-state index contributed by atoms with van der Waals surface area (Å²) in [6.45, 7) is 4.29. The van der Waals surface area contributed by atoms with Crippen molar-refractivity contribution in [2.24, 2.45) is 0 Å². The van der Waals surface area contributed by atoms with Gasteiger partial charge in [-0.15, -0.1) is 0 Å². The zero-order valence-electron chi connectivity index (χ0n) is 9.70. The smallest absolute Gasteiger partial charge is 0.119 e. The lowest BCUT2D eigenvalue weighted by atomic mass is 10.3. The number of rotatable bonds is 7. The highest BCUT2D eigenvalue weighted by molar-refractivity contribution is 9.10. The topological polar surface area (TPSA) is 30.5 Å². The van der Waals surface area contributed by atoms with Gasteiger partial charge in [-0.05, 0) is 31.2 Å². The maximum absolute atomic E-state index is 5.57. The van der Waals surface area contributed by atoms with Crippen molar-refractivity contribution in [2.45, 2.75) is 13.0 Å². The van der Waals surface area contributed by atoms with E-state index < -0.39 is 0 Å². The summed E-state index contributed by atoms with van der Waals surface area (Å²) in [5, 5.41) is 3.31. The number of hydrogen-bond donors (Lipinski definition) is 1. The number of methoxy groups -OCH3 is 1. The molecule has 0 radical (unpaired) electrons. The van der Waals surface area contributed by atoms with Crippen LogP contribution >= 0.6 is 15.9 Å². The molecule has 4 heteroatoms. The van der Waals surface area contributed by atoms with Crippen LogP contribution in [0.25, 0.3) is 0 Å². The van der Waals surface area contributed by atoms with Crippen molar-refractivity contribution in [2.75, 3.05) is 26.9 Å². The first kappa shape index (κ1) is 13.5. The molecule has 1 atom stereocenters. The molecule has 0 aliphatic carbocycles. The summed E-state index contributed by atoms with van der Waals surface area (Å²) in [5.41, 5.74) is 0. The normalized spacial score (nSPS) is 12.4. The van der Waals surface area contributed by atoms with E-state index in [2.05, 4.69) is 28.2 Å². The Kier molecular flexibility index (Phi) is 6.45. The first-order valence-electron chi connectivity index (χ1n) is 5.33. The third-order valence-electron chi connectivity index (χ3n) is 2.09. The van der Waals surface area contributed by atoms with Gasteiger partial charge < -0.3 is 14.8 Å². The van der Waals surface area contributed by atoms with Crippen LogP contribution in [0.4, 0.5) is 0 Å². The summed E-state index contributed by atoms with van der Waals surface area (Å²) in [6, 6.07) is 8.19. The van der Waals surface area contributed by atoms with Crippen molar-refractivity contribution in [1.82, 2.24) is 5.32 Å². The van der Waals surface area contributed by atoms with Gasteiger partial charge in [0.15, 0.2) is 0 Å². The van der Waals surface area contributed by atoms with E-state index in [0.717, 1.165) is 23.4 Å². The Labute approximate surface area is 105 Å². The maximum Gasteiger partial charge on any atom is 0.119 e. The summed E-state index contributed by atoms with van der Waals surface area (Å²) in [7, 11) is 1.70. The SMILES string of the molecule is COCC(C)NCCOc1ccc(Br)cc1. The van der Waals surface area contributed by atoms with Gasteiger partial charge in [0, 0.05) is 24.2 Å². The summed E-state index contributed by atoms with van der Waals surface area (Å²) in [6.07, 6.45) is 0. The predicted molar refractivity (Wildman–Crippen MR) is 69.0 cm³/mol. The van der Waals surface area contributed by atoms with E-state index in [4.69, 9.17) is 9.47 Å². The molecule has 0 bridgehead atoms. The van der Waals surface area contributed by atoms with Crippen LogP contribution in [0.15, 0.2) is 28.7 Å². The number of ether oxygens (including phenoxy) is 2. The number of nitrogens with one attached hydrogen (secondary N) is 1. The predicted octanol–water partition coefficient (Wildman–Crippen LogP) is 2.45. The lowest BCUT2D eigenvalue weighted by Crippen LogP contribution is -2.33. The van der Waals surface area contributed by atoms with Crippen molar-refractivity contribution in [1.29, 1.82) is 0 Å². The fourth-order valence-electron chi connectivity index (χ4n) is 1.31. The highest BCUT2D eigenvalue weighted by Crippen LogP contribution is 2.15. The number of halogens is 1. The molecule has 0 heterocycles. The van der Waals surface area contributed by atoms with Crippen LogP contribution in [-0.4, -0.2) is 32.9 Å². The highest BCUT2D eigenvalue weighted by Gasteiger charge is 1.99. The zero-order chi connectivity index (χ0) is 11.8. The van der Waals surface area contributed by atoms with Gasteiger partial charge in [-0.25, -0.2) is 0 Å². The standard InChI is InChI=1S/C12H18BrNO2/c1-10(9-15-2)14-7-8-16-12-5-3-11(13)4-6-12/h3-6,10,14H,7-9H2,1-2H3. The Morgan fingerprint density at radius 3 is 2.62 bits per heavy atom. The van der Waals surface area contributed by atoms with Crippen LogP contribution < -0.4 is 10.1 Å². The van der Waals surface area contributed by atoms with E-state index in [1.807, 2.05) is 24.3 Å². The average Bonchev–Trinajstić information content (AvgIpc) is 2.27. The van der Waals surface area contributed by atoms with Crippen molar-refractivity contribution in [3.05, 3.63) is 28.7 Å². The fraction of sp³-hybridized carbons (Fsp3) is 0.500. The minimum absolute atomic E-state index is 0.360. The molecule has 3 nitrogen and oxygen atoms in total. The van der Waals surface area contributed by atoms with Crippen LogP contribution in [0.5, 0.6) is 5.75 Å². The molecular formula is C12H18BrNO2. The third-order valence-corrected chi connectivity index (χ3v) is 2.62. The number of hydrogen-bond acceptors (Lipinski definition) is 3. The first-order chi connectivity index (χ1) is 7.72. The minimum atomic E-state index is 0.360. The average molecular weight is 288 g/mol. The van der Waals surface area contributed by atoms with Crippen LogP contribution in [0.3, 0.4) is 0 Å². The lowest BCUT2D eigenvalue weighted by molar-refractivity contribution is 0.169. The summed E-state index contributed by atoms with van der Waals surface area (Å²) < 4.78 is 11.7. The fourth-order valence-corrected chi connectivity index (χ4v) is 1.58. The zero-order valence-corrected chi connectivity index (χ0v) is 11.3. The number of benzene rings is 1. The Morgan fingerprint density at radius 1 is 1.31 bits per heavy atom. The molecule has 90 valence electrons. The molecule has 0 aliphatic rings. The second kappa shape index (κ2) is 7.65. The Hall–Kier alpha value is -0.580. The van der Waals surface area contributed by atoms with Gasteiger partial charge in [0.2, 0.25) is 0 Å². The second-order valence-electron chi connectivity index (χ2n) is 3.61. The van der Waals surface area contributed by atoms with E-state index in [0.29, 0.717) is 12.6 Å². The van der Waals surface area contributed by atoms with Crippen molar-refractivity contribution in [3.8, 4) is 5.75 Å². The van der Waals surface area contributed by atoms with Crippen LogP contribution in [0.2, 0.25) is 0 Å². The Balaban J connectivity index is 2.13. The molecule has 0 aromatic heterocycles. The van der Waals surface area contributed by atoms with Crippen molar-refractivity contribution in [3.63, 3.8) is 0 Å². The Morgan fingerprint density at radius 2 is 2.00 bits per heavy atom. The van der Waals surface area contributed by atoms with Gasteiger partial charge in [-0.2, -0.15) is 0 Å². The Bertz CT molecular complexity index is 290. The molecule has 1 aromatic rings. The van der Waals surface area contributed by atoms with Crippen molar-refractivity contribution >= 4 is 15.9 Å². The summed E-state index contributed by atoms with van der Waals surface area (Å²) in [5.74, 6) is 0.893. The van der Waals surface area contributed by atoms with E-state index in [-0.39, 0.29) is 0 Å². The van der Waals surface area contributed by atoms with Gasteiger partial charge in [0.05, 0.1) is 6.61 Å². The van der Waals surface area contributed by atoms with Crippen molar-refractivity contribution < 1.29 is 9.47 Å². The molecule has 0 fully saturated rings. The largest absolute Gasteiger partial charge is 0.492 e. The van der Waals surface area contributed by atoms with Gasteiger partial charge in [-0.1, -0.05) is 15.9 Å². The molecule has 0 aliphatic heterocycles.